The normalized spacial score (nSPS) is 9.89. The molecule has 0 spiro atoms. The van der Waals surface area contributed by atoms with Gasteiger partial charge in [0.25, 0.3) is 0 Å². The smallest absolute Gasteiger partial charge is 0.145 e. The quantitative estimate of drug-likeness (QED) is 0.878. The zero-order valence-electron chi connectivity index (χ0n) is 10.5. The zero-order chi connectivity index (χ0) is 12.8. The van der Waals surface area contributed by atoms with E-state index in [1.54, 1.807) is 26.6 Å². The molecule has 18 heavy (non-hydrogen) atoms. The molecule has 0 atom stereocenters. The first-order chi connectivity index (χ1) is 8.83. The van der Waals surface area contributed by atoms with E-state index in [-0.39, 0.29) is 0 Å². The number of anilines is 1. The van der Waals surface area contributed by atoms with Crippen molar-refractivity contribution < 1.29 is 9.47 Å². The Kier molecular flexibility index (Phi) is 4.02. The van der Waals surface area contributed by atoms with Gasteiger partial charge in [-0.3, -0.25) is 4.98 Å². The second-order valence-electron chi connectivity index (χ2n) is 3.78. The molecule has 1 N–H and O–H groups in total. The topological polar surface area (TPSA) is 43.4 Å². The summed E-state index contributed by atoms with van der Waals surface area (Å²) in [6.07, 6.45) is 3.45. The van der Waals surface area contributed by atoms with E-state index in [0.717, 1.165) is 22.7 Å². The molecule has 94 valence electrons. The number of hydrogen-bond acceptors (Lipinski definition) is 4. The fourth-order valence-corrected chi connectivity index (χ4v) is 1.67. The van der Waals surface area contributed by atoms with Crippen molar-refractivity contribution >= 4 is 5.69 Å². The van der Waals surface area contributed by atoms with Crippen molar-refractivity contribution in [2.24, 2.45) is 0 Å². The maximum absolute atomic E-state index is 5.25. The molecule has 2 rings (SSSR count). The highest BCUT2D eigenvalue weighted by molar-refractivity contribution is 5.54. The van der Waals surface area contributed by atoms with Crippen LogP contribution < -0.4 is 14.8 Å². The van der Waals surface area contributed by atoms with Gasteiger partial charge in [0, 0.05) is 18.8 Å². The molecule has 4 heteroatoms. The van der Waals surface area contributed by atoms with Crippen LogP contribution in [0.1, 0.15) is 5.56 Å². The third kappa shape index (κ3) is 2.91. The Morgan fingerprint density at radius 2 is 2.06 bits per heavy atom. The highest BCUT2D eigenvalue weighted by atomic mass is 16.5. The number of ether oxygens (including phenoxy) is 2. The Hall–Kier alpha value is -2.23. The van der Waals surface area contributed by atoms with Gasteiger partial charge in [0.05, 0.1) is 26.1 Å². The van der Waals surface area contributed by atoms with Crippen LogP contribution in [0.25, 0.3) is 0 Å². The maximum Gasteiger partial charge on any atom is 0.145 e. The molecule has 0 aliphatic carbocycles. The SMILES string of the molecule is COc1cccc(CNc2cnccc2OC)c1. The van der Waals surface area contributed by atoms with Gasteiger partial charge in [-0.2, -0.15) is 0 Å². The monoisotopic (exact) mass is 244 g/mol. The summed E-state index contributed by atoms with van der Waals surface area (Å²) < 4.78 is 10.4. The summed E-state index contributed by atoms with van der Waals surface area (Å²) in [6, 6.07) is 9.76. The fourth-order valence-electron chi connectivity index (χ4n) is 1.67. The molecule has 0 aliphatic heterocycles. The van der Waals surface area contributed by atoms with Crippen LogP contribution in [0.5, 0.6) is 11.5 Å². The van der Waals surface area contributed by atoms with Crippen molar-refractivity contribution in [3.05, 3.63) is 48.3 Å². The minimum Gasteiger partial charge on any atom is -0.497 e. The second-order valence-corrected chi connectivity index (χ2v) is 3.78. The van der Waals surface area contributed by atoms with E-state index in [1.807, 2.05) is 30.3 Å². The van der Waals surface area contributed by atoms with Crippen molar-refractivity contribution in [2.75, 3.05) is 19.5 Å². The standard InChI is InChI=1S/C14H16N2O2/c1-17-12-5-3-4-11(8-12)9-16-13-10-15-7-6-14(13)18-2/h3-8,10,16H,9H2,1-2H3. The lowest BCUT2D eigenvalue weighted by molar-refractivity contribution is 0.414. The number of nitrogens with zero attached hydrogens (tertiary/aromatic N) is 1. The number of hydrogen-bond donors (Lipinski definition) is 1. The first-order valence-corrected chi connectivity index (χ1v) is 5.68. The summed E-state index contributed by atoms with van der Waals surface area (Å²) in [7, 11) is 3.31. The highest BCUT2D eigenvalue weighted by Gasteiger charge is 2.02. The Labute approximate surface area is 107 Å². The van der Waals surface area contributed by atoms with E-state index >= 15 is 0 Å². The highest BCUT2D eigenvalue weighted by Crippen LogP contribution is 2.22. The van der Waals surface area contributed by atoms with Crippen molar-refractivity contribution in [3.8, 4) is 11.5 Å². The molecule has 0 aliphatic rings. The van der Waals surface area contributed by atoms with Gasteiger partial charge in [0.15, 0.2) is 0 Å². The van der Waals surface area contributed by atoms with Crippen molar-refractivity contribution in [1.29, 1.82) is 0 Å². The molecule has 0 saturated heterocycles. The van der Waals surface area contributed by atoms with E-state index in [9.17, 15) is 0 Å². The summed E-state index contributed by atoms with van der Waals surface area (Å²) >= 11 is 0. The van der Waals surface area contributed by atoms with Crippen LogP contribution in [0.3, 0.4) is 0 Å². The minimum atomic E-state index is 0.694. The van der Waals surface area contributed by atoms with Crippen molar-refractivity contribution in [3.63, 3.8) is 0 Å². The Morgan fingerprint density at radius 1 is 1.17 bits per heavy atom. The van der Waals surface area contributed by atoms with E-state index in [2.05, 4.69) is 10.3 Å². The largest absolute Gasteiger partial charge is 0.497 e. The summed E-state index contributed by atoms with van der Waals surface area (Å²) in [4.78, 5) is 4.07. The Balaban J connectivity index is 2.06. The molecular weight excluding hydrogens is 228 g/mol. The minimum absolute atomic E-state index is 0.694. The lowest BCUT2D eigenvalue weighted by Gasteiger charge is -2.10. The first kappa shape index (κ1) is 12.2. The molecule has 1 aromatic carbocycles. The van der Waals surface area contributed by atoms with Gasteiger partial charge < -0.3 is 14.8 Å². The lowest BCUT2D eigenvalue weighted by atomic mass is 10.2. The van der Waals surface area contributed by atoms with Gasteiger partial charge in [-0.1, -0.05) is 12.1 Å². The maximum atomic E-state index is 5.25. The molecule has 0 unspecified atom stereocenters. The summed E-state index contributed by atoms with van der Waals surface area (Å²) in [5.41, 5.74) is 2.02. The van der Waals surface area contributed by atoms with Gasteiger partial charge in [0.1, 0.15) is 11.5 Å². The number of rotatable bonds is 5. The summed E-state index contributed by atoms with van der Waals surface area (Å²) in [5, 5.41) is 3.29. The molecule has 0 bridgehead atoms. The molecule has 0 amide bonds. The van der Waals surface area contributed by atoms with Crippen molar-refractivity contribution in [2.45, 2.75) is 6.54 Å². The van der Waals surface area contributed by atoms with E-state index in [1.165, 1.54) is 0 Å². The van der Waals surface area contributed by atoms with E-state index in [0.29, 0.717) is 6.54 Å². The zero-order valence-corrected chi connectivity index (χ0v) is 10.5. The van der Waals surface area contributed by atoms with Crippen LogP contribution in [0.15, 0.2) is 42.7 Å². The molecule has 0 radical (unpaired) electrons. The third-order valence-electron chi connectivity index (χ3n) is 2.62. The molecule has 4 nitrogen and oxygen atoms in total. The number of aromatic nitrogens is 1. The third-order valence-corrected chi connectivity index (χ3v) is 2.62. The number of pyridine rings is 1. The molecule has 0 saturated carbocycles. The summed E-state index contributed by atoms with van der Waals surface area (Å²) in [6.45, 7) is 0.694. The summed E-state index contributed by atoms with van der Waals surface area (Å²) in [5.74, 6) is 1.64. The average Bonchev–Trinajstić information content (AvgIpc) is 2.45. The van der Waals surface area contributed by atoms with Gasteiger partial charge >= 0.3 is 0 Å². The van der Waals surface area contributed by atoms with Crippen molar-refractivity contribution in [1.82, 2.24) is 4.98 Å². The molecule has 0 fully saturated rings. The van der Waals surface area contributed by atoms with Gasteiger partial charge in [0.2, 0.25) is 0 Å². The average molecular weight is 244 g/mol. The van der Waals surface area contributed by atoms with Crippen LogP contribution in [0.2, 0.25) is 0 Å². The predicted octanol–water partition coefficient (Wildman–Crippen LogP) is 2.71. The van der Waals surface area contributed by atoms with E-state index in [4.69, 9.17) is 9.47 Å². The van der Waals surface area contributed by atoms with E-state index < -0.39 is 0 Å². The van der Waals surface area contributed by atoms with Crippen LogP contribution in [0, 0.1) is 0 Å². The number of methoxy groups -OCH3 is 2. The predicted molar refractivity (Wildman–Crippen MR) is 71.1 cm³/mol. The Bertz CT molecular complexity index is 515. The van der Waals surface area contributed by atoms with Gasteiger partial charge in [-0.15, -0.1) is 0 Å². The molecule has 2 aromatic rings. The van der Waals surface area contributed by atoms with Crippen LogP contribution in [0.4, 0.5) is 5.69 Å². The molecule has 1 heterocycles. The van der Waals surface area contributed by atoms with Crippen LogP contribution in [-0.4, -0.2) is 19.2 Å². The van der Waals surface area contributed by atoms with Crippen LogP contribution >= 0.6 is 0 Å². The Morgan fingerprint density at radius 3 is 2.83 bits per heavy atom. The van der Waals surface area contributed by atoms with Crippen LogP contribution in [-0.2, 0) is 6.54 Å². The second kappa shape index (κ2) is 5.91. The first-order valence-electron chi connectivity index (χ1n) is 5.68. The van der Waals surface area contributed by atoms with Gasteiger partial charge in [-0.05, 0) is 17.7 Å². The molecular formula is C14H16N2O2. The number of nitrogens with one attached hydrogen (secondary N) is 1. The molecule has 1 aromatic heterocycles. The fraction of sp³-hybridized carbons (Fsp3) is 0.214. The van der Waals surface area contributed by atoms with Gasteiger partial charge in [-0.25, -0.2) is 0 Å². The number of benzene rings is 1. The lowest BCUT2D eigenvalue weighted by Crippen LogP contribution is -2.02.